The van der Waals surface area contributed by atoms with E-state index in [9.17, 15) is 5.11 Å². The Bertz CT molecular complexity index is 585. The molecule has 1 saturated carbocycles. The number of aliphatic hydroxyl groups is 1. The summed E-state index contributed by atoms with van der Waals surface area (Å²) in [5, 5.41) is 14.0. The van der Waals surface area contributed by atoms with Crippen molar-refractivity contribution in [1.29, 1.82) is 0 Å². The van der Waals surface area contributed by atoms with E-state index >= 15 is 0 Å². The van der Waals surface area contributed by atoms with Gasteiger partial charge in [0.25, 0.3) is 0 Å². The summed E-state index contributed by atoms with van der Waals surface area (Å²) in [6.45, 7) is 0. The second kappa shape index (κ2) is 6.06. The molecular weight excluding hydrogens is 320 g/mol. The first-order valence-corrected chi connectivity index (χ1v) is 7.78. The standard InChI is InChI=1S/C15H17BrN2O2/c16-12-6-3-5-11(8-12)15-17-14(20-18-15)9-10-4-1-2-7-13(10)19/h3,5-6,8,10,13,19H,1-2,4,7,9H2. The lowest BCUT2D eigenvalue weighted by molar-refractivity contribution is 0.0657. The van der Waals surface area contributed by atoms with Crippen molar-refractivity contribution in [1.82, 2.24) is 10.1 Å². The highest BCUT2D eigenvalue weighted by molar-refractivity contribution is 9.10. The molecule has 3 rings (SSSR count). The average molecular weight is 337 g/mol. The molecule has 0 amide bonds. The van der Waals surface area contributed by atoms with Crippen molar-refractivity contribution in [2.75, 3.05) is 0 Å². The van der Waals surface area contributed by atoms with Crippen LogP contribution in [0.5, 0.6) is 0 Å². The van der Waals surface area contributed by atoms with Crippen molar-refractivity contribution in [3.8, 4) is 11.4 Å². The summed E-state index contributed by atoms with van der Waals surface area (Å²) in [6, 6.07) is 7.82. The van der Waals surface area contributed by atoms with Gasteiger partial charge in [0.1, 0.15) is 0 Å². The van der Waals surface area contributed by atoms with Crippen LogP contribution in [0.3, 0.4) is 0 Å². The fourth-order valence-electron chi connectivity index (χ4n) is 2.73. The minimum absolute atomic E-state index is 0.232. The molecule has 0 radical (unpaired) electrons. The first-order valence-electron chi connectivity index (χ1n) is 6.99. The van der Waals surface area contributed by atoms with Gasteiger partial charge in [-0.25, -0.2) is 0 Å². The summed E-state index contributed by atoms with van der Waals surface area (Å²) in [5.74, 6) is 1.47. The molecule has 2 aromatic rings. The number of halogens is 1. The lowest BCUT2D eigenvalue weighted by atomic mass is 9.84. The van der Waals surface area contributed by atoms with Crippen molar-refractivity contribution >= 4 is 15.9 Å². The Morgan fingerprint density at radius 3 is 2.95 bits per heavy atom. The molecule has 1 N–H and O–H groups in total. The highest BCUT2D eigenvalue weighted by Crippen LogP contribution is 2.28. The van der Waals surface area contributed by atoms with Gasteiger partial charge >= 0.3 is 0 Å². The largest absolute Gasteiger partial charge is 0.393 e. The summed E-state index contributed by atoms with van der Waals surface area (Å²) in [4.78, 5) is 4.44. The number of benzene rings is 1. The van der Waals surface area contributed by atoms with Crippen LogP contribution in [-0.2, 0) is 6.42 Å². The van der Waals surface area contributed by atoms with Crippen molar-refractivity contribution in [2.45, 2.75) is 38.2 Å². The third-order valence-electron chi connectivity index (χ3n) is 3.86. The lowest BCUT2D eigenvalue weighted by Gasteiger charge is -2.26. The third-order valence-corrected chi connectivity index (χ3v) is 4.35. The molecule has 0 aliphatic heterocycles. The molecule has 20 heavy (non-hydrogen) atoms. The number of hydrogen-bond donors (Lipinski definition) is 1. The third kappa shape index (κ3) is 3.10. The minimum Gasteiger partial charge on any atom is -0.393 e. The van der Waals surface area contributed by atoms with E-state index in [1.807, 2.05) is 24.3 Å². The van der Waals surface area contributed by atoms with Crippen LogP contribution in [0.15, 0.2) is 33.3 Å². The quantitative estimate of drug-likeness (QED) is 0.930. The second-order valence-corrected chi connectivity index (χ2v) is 6.25. The normalized spacial score (nSPS) is 22.9. The summed E-state index contributed by atoms with van der Waals surface area (Å²) in [7, 11) is 0. The number of aliphatic hydroxyl groups excluding tert-OH is 1. The van der Waals surface area contributed by atoms with Gasteiger partial charge in [0.05, 0.1) is 6.10 Å². The molecule has 1 aromatic carbocycles. The van der Waals surface area contributed by atoms with E-state index < -0.39 is 0 Å². The van der Waals surface area contributed by atoms with Crippen LogP contribution in [0.25, 0.3) is 11.4 Å². The molecular formula is C15H17BrN2O2. The van der Waals surface area contributed by atoms with Crippen LogP contribution in [0.2, 0.25) is 0 Å². The maximum atomic E-state index is 9.99. The fourth-order valence-corrected chi connectivity index (χ4v) is 3.13. The SMILES string of the molecule is OC1CCCCC1Cc1nc(-c2cccc(Br)c2)no1. The molecule has 2 unspecified atom stereocenters. The molecule has 1 aliphatic carbocycles. The Labute approximate surface area is 126 Å². The van der Waals surface area contributed by atoms with Crippen LogP contribution < -0.4 is 0 Å². The molecule has 0 spiro atoms. The number of rotatable bonds is 3. The van der Waals surface area contributed by atoms with Crippen molar-refractivity contribution in [3.63, 3.8) is 0 Å². The number of nitrogens with zero attached hydrogens (tertiary/aromatic N) is 2. The van der Waals surface area contributed by atoms with Gasteiger partial charge in [-0.15, -0.1) is 0 Å². The van der Waals surface area contributed by atoms with Gasteiger partial charge in [-0.1, -0.05) is 46.1 Å². The average Bonchev–Trinajstić information content (AvgIpc) is 2.90. The van der Waals surface area contributed by atoms with Crippen LogP contribution in [0.1, 0.15) is 31.6 Å². The van der Waals surface area contributed by atoms with Gasteiger partial charge < -0.3 is 9.63 Å². The second-order valence-electron chi connectivity index (χ2n) is 5.34. The first-order chi connectivity index (χ1) is 9.72. The van der Waals surface area contributed by atoms with E-state index in [1.165, 1.54) is 6.42 Å². The Morgan fingerprint density at radius 2 is 2.15 bits per heavy atom. The number of aromatic nitrogens is 2. The first kappa shape index (κ1) is 13.8. The van der Waals surface area contributed by atoms with Crippen LogP contribution in [-0.4, -0.2) is 21.4 Å². The monoisotopic (exact) mass is 336 g/mol. The van der Waals surface area contributed by atoms with Crippen molar-refractivity contribution < 1.29 is 9.63 Å². The summed E-state index contributed by atoms with van der Waals surface area (Å²) in [5.41, 5.74) is 0.929. The van der Waals surface area contributed by atoms with Crippen LogP contribution >= 0.6 is 15.9 Å². The van der Waals surface area contributed by atoms with Gasteiger partial charge in [-0.3, -0.25) is 0 Å². The molecule has 1 aromatic heterocycles. The topological polar surface area (TPSA) is 59.2 Å². The lowest BCUT2D eigenvalue weighted by Crippen LogP contribution is -2.26. The maximum Gasteiger partial charge on any atom is 0.227 e. The molecule has 1 aliphatic rings. The van der Waals surface area contributed by atoms with Crippen molar-refractivity contribution in [2.24, 2.45) is 5.92 Å². The number of hydrogen-bond acceptors (Lipinski definition) is 4. The van der Waals surface area contributed by atoms with Crippen molar-refractivity contribution in [3.05, 3.63) is 34.6 Å². The predicted octanol–water partition coefficient (Wildman–Crippen LogP) is 3.59. The molecule has 0 saturated heterocycles. The van der Waals surface area contributed by atoms with Gasteiger partial charge in [0.2, 0.25) is 11.7 Å². The van der Waals surface area contributed by atoms with Gasteiger partial charge in [0, 0.05) is 16.5 Å². The fraction of sp³-hybridized carbons (Fsp3) is 0.467. The van der Waals surface area contributed by atoms with E-state index in [0.717, 1.165) is 29.3 Å². The molecule has 5 heteroatoms. The smallest absolute Gasteiger partial charge is 0.227 e. The van der Waals surface area contributed by atoms with E-state index in [4.69, 9.17) is 4.52 Å². The summed E-state index contributed by atoms with van der Waals surface area (Å²) < 4.78 is 6.31. The van der Waals surface area contributed by atoms with Gasteiger partial charge in [-0.2, -0.15) is 4.98 Å². The van der Waals surface area contributed by atoms with E-state index in [2.05, 4.69) is 26.1 Å². The maximum absolute atomic E-state index is 9.99. The van der Waals surface area contributed by atoms with Gasteiger partial charge in [0.15, 0.2) is 0 Å². The zero-order valence-electron chi connectivity index (χ0n) is 11.1. The molecule has 1 fully saturated rings. The highest BCUT2D eigenvalue weighted by atomic mass is 79.9. The molecule has 0 bridgehead atoms. The van der Waals surface area contributed by atoms with Gasteiger partial charge in [-0.05, 0) is 30.9 Å². The molecule has 106 valence electrons. The Kier molecular flexibility index (Phi) is 4.17. The zero-order valence-corrected chi connectivity index (χ0v) is 12.7. The molecule has 4 nitrogen and oxygen atoms in total. The van der Waals surface area contributed by atoms with E-state index in [1.54, 1.807) is 0 Å². The molecule has 2 atom stereocenters. The van der Waals surface area contributed by atoms with Crippen LogP contribution in [0, 0.1) is 5.92 Å². The minimum atomic E-state index is -0.232. The summed E-state index contributed by atoms with van der Waals surface area (Å²) >= 11 is 3.43. The summed E-state index contributed by atoms with van der Waals surface area (Å²) in [6.07, 6.45) is 4.65. The Balaban J connectivity index is 1.73. The van der Waals surface area contributed by atoms with E-state index in [-0.39, 0.29) is 12.0 Å². The Hall–Kier alpha value is -1.20. The highest BCUT2D eigenvalue weighted by Gasteiger charge is 2.25. The zero-order chi connectivity index (χ0) is 13.9. The van der Waals surface area contributed by atoms with Crippen LogP contribution in [0.4, 0.5) is 0 Å². The molecule has 1 heterocycles. The predicted molar refractivity (Wildman–Crippen MR) is 79.1 cm³/mol. The Morgan fingerprint density at radius 1 is 1.30 bits per heavy atom. The van der Waals surface area contributed by atoms with E-state index in [0.29, 0.717) is 18.1 Å².